The van der Waals surface area contributed by atoms with Crippen molar-refractivity contribution in [2.45, 2.75) is 38.8 Å². The number of benzene rings is 2. The van der Waals surface area contributed by atoms with Crippen LogP contribution in [-0.2, 0) is 13.0 Å². The lowest BCUT2D eigenvalue weighted by Crippen LogP contribution is -2.36. The molecular formula is C23H22N2O3S. The van der Waals surface area contributed by atoms with Crippen LogP contribution in [0.25, 0.3) is 0 Å². The van der Waals surface area contributed by atoms with E-state index in [0.717, 1.165) is 19.3 Å². The molecule has 1 atom stereocenters. The molecule has 1 unspecified atom stereocenters. The third-order valence-corrected chi connectivity index (χ3v) is 6.59. The van der Waals surface area contributed by atoms with E-state index in [-0.39, 0.29) is 17.6 Å². The Labute approximate surface area is 173 Å². The quantitative estimate of drug-likeness (QED) is 0.404. The van der Waals surface area contributed by atoms with Crippen LogP contribution in [0.15, 0.2) is 60.0 Å². The summed E-state index contributed by atoms with van der Waals surface area (Å²) in [6, 6.07) is 16.3. The highest BCUT2D eigenvalue weighted by atomic mass is 32.1. The molecule has 1 heterocycles. The molecule has 0 aliphatic heterocycles. The van der Waals surface area contributed by atoms with E-state index in [9.17, 15) is 14.9 Å². The van der Waals surface area contributed by atoms with Gasteiger partial charge in [0, 0.05) is 22.6 Å². The fourth-order valence-electron chi connectivity index (χ4n) is 3.99. The van der Waals surface area contributed by atoms with E-state index in [4.69, 9.17) is 0 Å². The van der Waals surface area contributed by atoms with E-state index >= 15 is 0 Å². The van der Waals surface area contributed by atoms with Gasteiger partial charge in [0.05, 0.1) is 17.5 Å². The molecule has 1 amide bonds. The van der Waals surface area contributed by atoms with E-state index in [1.165, 1.54) is 33.7 Å². The number of non-ortho nitro benzene ring substituents is 1. The average Bonchev–Trinajstić information content (AvgIpc) is 3.15. The summed E-state index contributed by atoms with van der Waals surface area (Å²) in [5.74, 6) is -0.0885. The molecule has 0 bridgehead atoms. The highest BCUT2D eigenvalue weighted by molar-refractivity contribution is 7.10. The molecule has 0 saturated carbocycles. The van der Waals surface area contributed by atoms with Gasteiger partial charge in [0.25, 0.3) is 11.6 Å². The van der Waals surface area contributed by atoms with Crippen molar-refractivity contribution >= 4 is 22.9 Å². The van der Waals surface area contributed by atoms with Gasteiger partial charge in [-0.2, -0.15) is 0 Å². The molecule has 1 aliphatic rings. The summed E-state index contributed by atoms with van der Waals surface area (Å²) in [6.07, 6.45) is 2.99. The Kier molecular flexibility index (Phi) is 5.45. The van der Waals surface area contributed by atoms with Crippen molar-refractivity contribution in [1.29, 1.82) is 0 Å². The topological polar surface area (TPSA) is 63.5 Å². The molecule has 6 heteroatoms. The van der Waals surface area contributed by atoms with Crippen molar-refractivity contribution in [2.75, 3.05) is 0 Å². The van der Waals surface area contributed by atoms with Crippen LogP contribution < -0.4 is 0 Å². The van der Waals surface area contributed by atoms with Crippen LogP contribution in [0, 0.1) is 17.0 Å². The zero-order valence-electron chi connectivity index (χ0n) is 16.2. The number of hydrogen-bond acceptors (Lipinski definition) is 4. The molecule has 3 aromatic rings. The van der Waals surface area contributed by atoms with Crippen LogP contribution in [0.2, 0.25) is 0 Å². The predicted molar refractivity (Wildman–Crippen MR) is 114 cm³/mol. The number of nitrogens with zero attached hydrogens (tertiary/aromatic N) is 2. The molecule has 5 nitrogen and oxygen atoms in total. The number of amides is 1. The largest absolute Gasteiger partial charge is 0.326 e. The molecule has 1 aromatic heterocycles. The van der Waals surface area contributed by atoms with Gasteiger partial charge in [-0.25, -0.2) is 0 Å². The molecule has 4 rings (SSSR count). The predicted octanol–water partition coefficient (Wildman–Crippen LogP) is 5.68. The second-order valence-corrected chi connectivity index (χ2v) is 8.37. The molecule has 0 N–H and O–H groups in total. The van der Waals surface area contributed by atoms with E-state index in [1.54, 1.807) is 23.5 Å². The zero-order chi connectivity index (χ0) is 20.4. The van der Waals surface area contributed by atoms with Crippen LogP contribution in [0.5, 0.6) is 0 Å². The van der Waals surface area contributed by atoms with Crippen molar-refractivity contribution in [2.24, 2.45) is 0 Å². The molecule has 1 aliphatic carbocycles. The number of thiophene rings is 1. The van der Waals surface area contributed by atoms with Crippen LogP contribution in [0.3, 0.4) is 0 Å². The van der Waals surface area contributed by atoms with Gasteiger partial charge in [-0.1, -0.05) is 24.3 Å². The van der Waals surface area contributed by atoms with E-state index in [0.29, 0.717) is 12.1 Å². The lowest BCUT2D eigenvalue weighted by atomic mass is 9.86. The zero-order valence-corrected chi connectivity index (χ0v) is 17.0. The van der Waals surface area contributed by atoms with Crippen molar-refractivity contribution in [3.8, 4) is 0 Å². The first-order chi connectivity index (χ1) is 14.0. The summed E-state index contributed by atoms with van der Waals surface area (Å²) < 4.78 is 0. The number of carbonyl (C=O) groups excluding carboxylic acids is 1. The molecule has 0 spiro atoms. The smallest absolute Gasteiger partial charge is 0.269 e. The van der Waals surface area contributed by atoms with Crippen LogP contribution in [-0.4, -0.2) is 15.7 Å². The Bertz CT molecular complexity index is 1040. The molecule has 0 saturated heterocycles. The Morgan fingerprint density at radius 3 is 2.62 bits per heavy atom. The summed E-state index contributed by atoms with van der Waals surface area (Å²) in [6.45, 7) is 2.60. The average molecular weight is 407 g/mol. The fraction of sp³-hybridized carbons (Fsp3) is 0.261. The highest BCUT2D eigenvalue weighted by Crippen LogP contribution is 2.37. The van der Waals surface area contributed by atoms with Gasteiger partial charge < -0.3 is 4.90 Å². The minimum Gasteiger partial charge on any atom is -0.326 e. The van der Waals surface area contributed by atoms with Crippen molar-refractivity contribution in [1.82, 2.24) is 4.90 Å². The monoisotopic (exact) mass is 406 g/mol. The first kappa shape index (κ1) is 19.3. The Balaban J connectivity index is 1.72. The second kappa shape index (κ2) is 8.17. The number of fused-ring (bicyclic) bond motifs is 1. The SMILES string of the molecule is Cc1ccsc1CN(C(=O)c1ccc([N+](=O)[O-])cc1)C1CCCc2ccccc21. The number of hydrogen-bond donors (Lipinski definition) is 0. The standard InChI is InChI=1S/C23H22N2O3S/c1-16-13-14-29-22(16)15-24(21-8-4-6-17-5-2-3-7-20(17)21)23(26)18-9-11-19(12-10-18)25(27)28/h2-3,5,7,9-14,21H,4,6,8,15H2,1H3. The van der Waals surface area contributed by atoms with Crippen LogP contribution in [0.4, 0.5) is 5.69 Å². The van der Waals surface area contributed by atoms with Gasteiger partial charge in [0.1, 0.15) is 0 Å². The van der Waals surface area contributed by atoms with E-state index in [1.807, 2.05) is 22.4 Å². The first-order valence-electron chi connectivity index (χ1n) is 9.71. The number of aryl methyl sites for hydroxylation is 2. The van der Waals surface area contributed by atoms with Crippen LogP contribution >= 0.6 is 11.3 Å². The maximum absolute atomic E-state index is 13.5. The minimum atomic E-state index is -0.446. The van der Waals surface area contributed by atoms with E-state index in [2.05, 4.69) is 25.1 Å². The van der Waals surface area contributed by atoms with Gasteiger partial charge in [0.15, 0.2) is 0 Å². The fourth-order valence-corrected chi connectivity index (χ4v) is 4.89. The third kappa shape index (κ3) is 3.93. The Morgan fingerprint density at radius 2 is 1.93 bits per heavy atom. The number of carbonyl (C=O) groups is 1. The number of nitro benzene ring substituents is 1. The maximum Gasteiger partial charge on any atom is 0.269 e. The van der Waals surface area contributed by atoms with Crippen molar-refractivity contribution in [3.05, 3.63) is 97.2 Å². The maximum atomic E-state index is 13.5. The molecular weight excluding hydrogens is 384 g/mol. The van der Waals surface area contributed by atoms with Gasteiger partial charge in [-0.3, -0.25) is 14.9 Å². The van der Waals surface area contributed by atoms with Gasteiger partial charge in [0.2, 0.25) is 0 Å². The first-order valence-corrected chi connectivity index (χ1v) is 10.6. The summed E-state index contributed by atoms with van der Waals surface area (Å²) >= 11 is 1.66. The van der Waals surface area contributed by atoms with Gasteiger partial charge >= 0.3 is 0 Å². The minimum absolute atomic E-state index is 0.00384. The van der Waals surface area contributed by atoms with Crippen molar-refractivity contribution in [3.63, 3.8) is 0 Å². The van der Waals surface area contributed by atoms with E-state index < -0.39 is 4.92 Å². The lowest BCUT2D eigenvalue weighted by molar-refractivity contribution is -0.384. The normalized spacial score (nSPS) is 15.6. The van der Waals surface area contributed by atoms with Crippen molar-refractivity contribution < 1.29 is 9.72 Å². The Morgan fingerprint density at radius 1 is 1.17 bits per heavy atom. The number of nitro groups is 1. The highest BCUT2D eigenvalue weighted by Gasteiger charge is 2.30. The third-order valence-electron chi connectivity index (χ3n) is 5.58. The summed E-state index contributed by atoms with van der Waals surface area (Å²) in [5.41, 5.74) is 4.16. The second-order valence-electron chi connectivity index (χ2n) is 7.37. The molecule has 2 aromatic carbocycles. The summed E-state index contributed by atoms with van der Waals surface area (Å²) in [7, 11) is 0. The molecule has 148 valence electrons. The molecule has 29 heavy (non-hydrogen) atoms. The Hall–Kier alpha value is -2.99. The van der Waals surface area contributed by atoms with Gasteiger partial charge in [-0.05, 0) is 66.5 Å². The summed E-state index contributed by atoms with van der Waals surface area (Å²) in [4.78, 5) is 27.2. The molecule has 0 radical (unpaired) electrons. The summed E-state index contributed by atoms with van der Waals surface area (Å²) in [5, 5.41) is 13.0. The van der Waals surface area contributed by atoms with Gasteiger partial charge in [-0.15, -0.1) is 11.3 Å². The van der Waals surface area contributed by atoms with Crippen LogP contribution in [0.1, 0.15) is 50.8 Å². The molecule has 0 fully saturated rings. The number of rotatable bonds is 5. The lowest BCUT2D eigenvalue weighted by Gasteiger charge is -2.36.